The first-order chi connectivity index (χ1) is 16.9. The number of alkyl halides is 2. The number of aliphatic carboxylic acids is 1. The van der Waals surface area contributed by atoms with Crippen LogP contribution in [0.5, 0.6) is 0 Å². The van der Waals surface area contributed by atoms with Crippen molar-refractivity contribution in [1.29, 1.82) is 0 Å². The number of hydrogen-bond donors (Lipinski definition) is 1. The third-order valence-corrected chi connectivity index (χ3v) is 6.34. The average Bonchev–Trinajstić information content (AvgIpc) is 3.29. The molecule has 0 aromatic carbocycles. The smallest absolute Gasteiger partial charge is 0.328 e. The van der Waals surface area contributed by atoms with Gasteiger partial charge in [0.05, 0.1) is 42.3 Å². The maximum atomic E-state index is 14.4. The molecule has 10 nitrogen and oxygen atoms in total. The van der Waals surface area contributed by atoms with Crippen molar-refractivity contribution in [3.8, 4) is 11.4 Å². The first-order valence-corrected chi connectivity index (χ1v) is 11.9. The number of anilines is 1. The molecular weight excluding hydrogens is 472 g/mol. The van der Waals surface area contributed by atoms with E-state index >= 15 is 0 Å². The van der Waals surface area contributed by atoms with E-state index in [4.69, 9.17) is 5.11 Å². The number of halogens is 2. The summed E-state index contributed by atoms with van der Waals surface area (Å²) in [4.78, 5) is 30.0. The molecule has 0 saturated carbocycles. The van der Waals surface area contributed by atoms with Gasteiger partial charge in [0, 0.05) is 39.0 Å². The summed E-state index contributed by atoms with van der Waals surface area (Å²) < 4.78 is 33.6. The van der Waals surface area contributed by atoms with Crippen molar-refractivity contribution < 1.29 is 18.7 Å². The van der Waals surface area contributed by atoms with Gasteiger partial charge in [0.25, 0.3) is 5.92 Å². The largest absolute Gasteiger partial charge is 0.481 e. The molecular formula is C24H31F2N7O3. The van der Waals surface area contributed by atoms with Gasteiger partial charge in [-0.2, -0.15) is 0 Å². The van der Waals surface area contributed by atoms with Crippen LogP contribution >= 0.6 is 0 Å². The zero-order valence-corrected chi connectivity index (χ0v) is 20.9. The first-order valence-electron chi connectivity index (χ1n) is 11.9. The van der Waals surface area contributed by atoms with Crippen molar-refractivity contribution in [2.45, 2.75) is 52.6 Å². The highest BCUT2D eigenvalue weighted by Crippen LogP contribution is 2.36. The lowest BCUT2D eigenvalue weighted by Gasteiger charge is -2.39. The highest BCUT2D eigenvalue weighted by molar-refractivity contribution is 5.67. The van der Waals surface area contributed by atoms with E-state index in [0.717, 1.165) is 0 Å². The van der Waals surface area contributed by atoms with Gasteiger partial charge < -0.3 is 10.0 Å². The summed E-state index contributed by atoms with van der Waals surface area (Å²) >= 11 is 0. The van der Waals surface area contributed by atoms with Crippen molar-refractivity contribution in [1.82, 2.24) is 29.1 Å². The van der Waals surface area contributed by atoms with Crippen molar-refractivity contribution in [2.75, 3.05) is 18.0 Å². The first kappa shape index (κ1) is 25.5. The van der Waals surface area contributed by atoms with Crippen LogP contribution in [0.3, 0.4) is 0 Å². The minimum Gasteiger partial charge on any atom is -0.481 e. The van der Waals surface area contributed by atoms with E-state index in [1.165, 1.54) is 4.90 Å². The molecule has 1 atom stereocenters. The fourth-order valence-corrected chi connectivity index (χ4v) is 4.81. The summed E-state index contributed by atoms with van der Waals surface area (Å²) in [5, 5.41) is 17.4. The molecule has 1 fully saturated rings. The summed E-state index contributed by atoms with van der Waals surface area (Å²) in [7, 11) is 1.74. The van der Waals surface area contributed by atoms with Gasteiger partial charge in [-0.3, -0.25) is 13.9 Å². The average molecular weight is 504 g/mol. The Hall–Kier alpha value is -3.57. The van der Waals surface area contributed by atoms with Gasteiger partial charge in [0.1, 0.15) is 5.69 Å². The van der Waals surface area contributed by atoms with E-state index in [-0.39, 0.29) is 25.2 Å². The number of aromatic nitrogens is 6. The normalized spacial score (nSPS) is 17.6. The molecule has 36 heavy (non-hydrogen) atoms. The summed E-state index contributed by atoms with van der Waals surface area (Å²) in [6.45, 7) is 6.41. The second-order valence-corrected chi connectivity index (χ2v) is 9.97. The Morgan fingerprint density at radius 2 is 1.97 bits per heavy atom. The molecule has 4 heterocycles. The van der Waals surface area contributed by atoms with E-state index in [0.29, 0.717) is 40.9 Å². The number of piperidine rings is 1. The van der Waals surface area contributed by atoms with Crippen LogP contribution in [0.2, 0.25) is 0 Å². The summed E-state index contributed by atoms with van der Waals surface area (Å²) in [5.41, 5.74) is 2.63. The number of aryl methyl sites for hydroxylation is 2. The molecule has 1 saturated heterocycles. The second kappa shape index (κ2) is 9.82. The van der Waals surface area contributed by atoms with E-state index in [9.17, 15) is 18.4 Å². The van der Waals surface area contributed by atoms with Crippen molar-refractivity contribution >= 4 is 11.7 Å². The summed E-state index contributed by atoms with van der Waals surface area (Å²) in [6, 6.07) is 3.40. The molecule has 1 N–H and O–H groups in total. The predicted octanol–water partition coefficient (Wildman–Crippen LogP) is 2.79. The van der Waals surface area contributed by atoms with Crippen LogP contribution in [0.15, 0.2) is 29.3 Å². The van der Waals surface area contributed by atoms with E-state index in [1.807, 2.05) is 13.8 Å². The van der Waals surface area contributed by atoms with Crippen LogP contribution in [0, 0.1) is 18.8 Å². The molecule has 12 heteroatoms. The quantitative estimate of drug-likeness (QED) is 0.503. The van der Waals surface area contributed by atoms with E-state index in [2.05, 4.69) is 15.3 Å². The zero-order valence-electron chi connectivity index (χ0n) is 20.9. The molecule has 1 aliphatic rings. The van der Waals surface area contributed by atoms with Gasteiger partial charge in [0.15, 0.2) is 0 Å². The van der Waals surface area contributed by atoms with Crippen molar-refractivity contribution in [3.63, 3.8) is 0 Å². The number of carboxylic acids is 1. The molecule has 0 amide bonds. The number of imidazole rings is 1. The number of hydrogen-bond acceptors (Lipinski definition) is 6. The molecule has 0 unspecified atom stereocenters. The molecule has 0 bridgehead atoms. The Labute approximate surface area is 207 Å². The second-order valence-electron chi connectivity index (χ2n) is 9.97. The number of rotatable bonds is 8. The Morgan fingerprint density at radius 1 is 1.25 bits per heavy atom. The van der Waals surface area contributed by atoms with Gasteiger partial charge in [-0.05, 0) is 30.9 Å². The monoisotopic (exact) mass is 503 g/mol. The van der Waals surface area contributed by atoms with Crippen molar-refractivity contribution in [2.24, 2.45) is 18.9 Å². The highest BCUT2D eigenvalue weighted by Gasteiger charge is 2.41. The summed E-state index contributed by atoms with van der Waals surface area (Å²) in [5.74, 6) is -4.40. The maximum absolute atomic E-state index is 14.4. The SMILES string of the molecule is Cc1nc(-c2nnn(C)c2Cn2ccn(CC(C)C)c2=O)ccc1N1C[C@@H](CC(=O)O)CC(F)(F)C1. The minimum absolute atomic E-state index is 0.128. The summed E-state index contributed by atoms with van der Waals surface area (Å²) in [6.07, 6.45) is 2.74. The molecule has 1 aliphatic heterocycles. The molecule has 0 spiro atoms. The molecule has 0 radical (unpaired) electrons. The molecule has 3 aromatic rings. The van der Waals surface area contributed by atoms with Gasteiger partial charge in [-0.25, -0.2) is 23.2 Å². The lowest BCUT2D eigenvalue weighted by Crippen LogP contribution is -2.48. The Morgan fingerprint density at radius 3 is 2.64 bits per heavy atom. The van der Waals surface area contributed by atoms with Gasteiger partial charge >= 0.3 is 11.7 Å². The topological polar surface area (TPSA) is 111 Å². The van der Waals surface area contributed by atoms with Crippen LogP contribution in [-0.4, -0.2) is 59.2 Å². The van der Waals surface area contributed by atoms with Crippen molar-refractivity contribution in [3.05, 3.63) is 46.4 Å². The predicted molar refractivity (Wildman–Crippen MR) is 129 cm³/mol. The van der Waals surface area contributed by atoms with Crippen LogP contribution in [-0.2, 0) is 24.9 Å². The Balaban J connectivity index is 1.60. The van der Waals surface area contributed by atoms with Crippen LogP contribution in [0.4, 0.5) is 14.5 Å². The standard InChI is InChI=1S/C24H31F2N7O3/c1-15(2)11-31-7-8-32(23(31)36)13-20-22(28-29-30(20)4)18-5-6-19(16(3)27-18)33-12-17(9-21(34)35)10-24(25,26)14-33/h5-8,15,17H,9-14H2,1-4H3,(H,34,35)/t17-/m0/s1. The number of nitrogens with zero attached hydrogens (tertiary/aromatic N) is 7. The molecule has 3 aromatic heterocycles. The minimum atomic E-state index is -2.99. The zero-order chi connectivity index (χ0) is 26.2. The maximum Gasteiger partial charge on any atom is 0.328 e. The van der Waals surface area contributed by atoms with Crippen LogP contribution < -0.4 is 10.6 Å². The Bertz CT molecular complexity index is 1310. The van der Waals surface area contributed by atoms with Crippen LogP contribution in [0.1, 0.15) is 38.1 Å². The van der Waals surface area contributed by atoms with Gasteiger partial charge in [0.2, 0.25) is 0 Å². The third-order valence-electron chi connectivity index (χ3n) is 6.34. The third kappa shape index (κ3) is 5.47. The lowest BCUT2D eigenvalue weighted by atomic mass is 9.92. The molecule has 0 aliphatic carbocycles. The molecule has 4 rings (SSSR count). The van der Waals surface area contributed by atoms with Gasteiger partial charge in [-0.15, -0.1) is 5.10 Å². The van der Waals surface area contributed by atoms with E-state index < -0.39 is 30.8 Å². The number of pyridine rings is 1. The Kier molecular flexibility index (Phi) is 6.96. The lowest BCUT2D eigenvalue weighted by molar-refractivity contribution is -0.139. The fourth-order valence-electron chi connectivity index (χ4n) is 4.81. The van der Waals surface area contributed by atoms with Crippen LogP contribution in [0.25, 0.3) is 11.4 Å². The van der Waals surface area contributed by atoms with E-state index in [1.54, 1.807) is 52.3 Å². The number of carbonyl (C=O) groups is 1. The number of carboxylic acid groups (broad SMARTS) is 1. The highest BCUT2D eigenvalue weighted by atomic mass is 19.3. The fraction of sp³-hybridized carbons (Fsp3) is 0.542. The molecule has 194 valence electrons. The van der Waals surface area contributed by atoms with Gasteiger partial charge in [-0.1, -0.05) is 19.1 Å².